The number of hydrogen-bond acceptors (Lipinski definition) is 15. The van der Waals surface area contributed by atoms with E-state index in [1.807, 2.05) is 149 Å². The molecule has 0 aliphatic carbocycles. The number of aromatic nitrogens is 12. The summed E-state index contributed by atoms with van der Waals surface area (Å²) in [5, 5.41) is 0. The molecule has 18 aromatic rings. The second kappa shape index (κ2) is 39.7. The van der Waals surface area contributed by atoms with Gasteiger partial charge in [-0.15, -0.1) is 0 Å². The van der Waals surface area contributed by atoms with Crippen molar-refractivity contribution < 1.29 is 32.1 Å². The van der Waals surface area contributed by atoms with Gasteiger partial charge in [-0.05, 0) is 128 Å². The standard InChI is InChI=1S/C22H24N3.C20H21N4.C19H18N3O.C19H18N3S.C19H18N3Se.C18H15N2SSe/c1-15-10-11-19-21(20(15)18-12-13-23-14-24(18)4)22(2,3)16-8-6-7-9-17(16)25(19)5;1-14-9-10-18-20(19(14)17-11-12-21-13-22(17)2)24(4)16-8-6-5-7-15(16)23(18)3;3*1-13-8-9-16-19(18(13)15-10-11-20-12-21(15)2)23-17-7-5-4-6-14(17)22(16)3;1-12-7-8-15-18(17(12)13-9-10-19-11-20(13)2)22-16-6-4-3-5-14(16)21-15/h6-14H,1-5H3;5-13H,1-4H3;3*4-12H,1-3H3;3-11H,1-2H3/q6*+1. The number of para-hydroxylation sites is 7. The molecule has 696 valence electrons. The molecule has 24 rings (SSSR count). The fourth-order valence-corrected chi connectivity index (χ4v) is 28.1. The number of hydrogen-bond donors (Lipinski definition) is 0. The van der Waals surface area contributed by atoms with Gasteiger partial charge in [0, 0.05) is 97.2 Å². The number of aryl methyl sites for hydroxylation is 12. The average molecular weight is 2010 g/mol. The van der Waals surface area contributed by atoms with E-state index < -0.39 is 0 Å². The summed E-state index contributed by atoms with van der Waals surface area (Å²) in [6.07, 6.45) is 22.3. The van der Waals surface area contributed by atoms with Crippen molar-refractivity contribution in [2.75, 3.05) is 71.7 Å². The molecule has 0 spiro atoms. The Kier molecular flexibility index (Phi) is 26.8. The fourth-order valence-electron chi connectivity index (χ4n) is 19.8. The summed E-state index contributed by atoms with van der Waals surface area (Å²) in [5.74, 6) is 1.78. The first-order valence-electron chi connectivity index (χ1n) is 46.7. The Morgan fingerprint density at radius 3 is 1.21 bits per heavy atom. The fraction of sp³-hybridized carbons (Fsp3) is 0.179. The summed E-state index contributed by atoms with van der Waals surface area (Å²) >= 11 is 4.40. The molecule has 6 aliphatic heterocycles. The third-order valence-corrected chi connectivity index (χ3v) is 35.1. The van der Waals surface area contributed by atoms with Crippen molar-refractivity contribution in [3.8, 4) is 79.0 Å². The van der Waals surface area contributed by atoms with E-state index in [2.05, 4.69) is 431 Å². The van der Waals surface area contributed by atoms with E-state index in [4.69, 9.17) is 4.74 Å². The third kappa shape index (κ3) is 17.7. The van der Waals surface area contributed by atoms with Crippen LogP contribution in [0.3, 0.4) is 0 Å². The molecule has 0 radical (unpaired) electrons. The molecule has 6 aliphatic rings. The van der Waals surface area contributed by atoms with Gasteiger partial charge in [0.25, 0.3) is 25.3 Å². The summed E-state index contributed by atoms with van der Waals surface area (Å²) in [4.78, 5) is 44.4. The topological polar surface area (TPSA) is 129 Å². The molecule has 0 amide bonds. The van der Waals surface area contributed by atoms with Gasteiger partial charge in [-0.1, -0.05) is 124 Å². The molecular weight excluding hydrogens is 1900 g/mol. The summed E-state index contributed by atoms with van der Waals surface area (Å²) < 4.78 is 24.7. The maximum absolute atomic E-state index is 6.29. The Hall–Kier alpha value is -14.5. The summed E-state index contributed by atoms with van der Waals surface area (Å²) in [7, 11) is 25.1. The van der Waals surface area contributed by atoms with Gasteiger partial charge in [0.15, 0.2) is 11.5 Å². The van der Waals surface area contributed by atoms with Gasteiger partial charge in [-0.2, -0.15) is 0 Å². The zero-order valence-corrected chi connectivity index (χ0v) is 87.8. The van der Waals surface area contributed by atoms with Crippen molar-refractivity contribution in [1.82, 2.24) is 29.9 Å². The molecule has 19 nitrogen and oxygen atoms in total. The van der Waals surface area contributed by atoms with E-state index in [9.17, 15) is 0 Å². The Balaban J connectivity index is 0.000000107. The average Bonchev–Trinajstić information content (AvgIpc) is 0.713. The van der Waals surface area contributed by atoms with Crippen LogP contribution in [0.15, 0.2) is 350 Å². The van der Waals surface area contributed by atoms with E-state index >= 15 is 0 Å². The second-order valence-electron chi connectivity index (χ2n) is 36.5. The molecule has 12 aromatic carbocycles. The number of rotatable bonds is 6. The van der Waals surface area contributed by atoms with Crippen molar-refractivity contribution in [3.63, 3.8) is 0 Å². The van der Waals surface area contributed by atoms with E-state index in [0.29, 0.717) is 29.9 Å². The molecule has 0 saturated heterocycles. The Morgan fingerprint density at radius 2 is 0.636 bits per heavy atom. The second-order valence-corrected chi connectivity index (χ2v) is 43.0. The van der Waals surface area contributed by atoms with Crippen LogP contribution in [-0.4, -0.2) is 102 Å². The van der Waals surface area contributed by atoms with E-state index in [-0.39, 0.29) is 5.41 Å². The van der Waals surface area contributed by atoms with E-state index in [1.54, 1.807) is 0 Å². The van der Waals surface area contributed by atoms with Crippen molar-refractivity contribution >= 4 is 140 Å². The number of anilines is 12. The molecule has 0 atom stereocenters. The minimum absolute atomic E-state index is 0.0734. The molecule has 0 N–H and O–H groups in total. The van der Waals surface area contributed by atoms with Crippen molar-refractivity contribution in [2.24, 2.45) is 42.3 Å². The van der Waals surface area contributed by atoms with Gasteiger partial charge in [-0.3, -0.25) is 0 Å². The number of nitrogens with zero attached hydrogens (tertiary/aromatic N) is 18. The van der Waals surface area contributed by atoms with Crippen LogP contribution < -0.4 is 79.4 Å². The van der Waals surface area contributed by atoms with Gasteiger partial charge < -0.3 is 29.2 Å². The molecule has 0 saturated carbocycles. The first-order chi connectivity index (χ1) is 67.7. The van der Waals surface area contributed by atoms with E-state index in [0.717, 1.165) is 34.1 Å². The molecule has 23 heteroatoms. The van der Waals surface area contributed by atoms with Crippen LogP contribution in [0.1, 0.15) is 58.4 Å². The van der Waals surface area contributed by atoms with Gasteiger partial charge >= 0.3 is 283 Å². The van der Waals surface area contributed by atoms with E-state index in [1.165, 1.54) is 195 Å². The number of benzene rings is 12. The van der Waals surface area contributed by atoms with Crippen molar-refractivity contribution in [2.45, 2.75) is 80.4 Å². The third-order valence-electron chi connectivity index (χ3n) is 27.2. The monoisotopic (exact) mass is 2010 g/mol. The summed E-state index contributed by atoms with van der Waals surface area (Å²) in [5.41, 5.74) is 39.9. The zero-order chi connectivity index (χ0) is 97.6. The number of fused-ring (bicyclic) bond motifs is 12. The molecule has 6 aromatic heterocycles. The van der Waals surface area contributed by atoms with Crippen LogP contribution in [0, 0.1) is 41.5 Å². The number of ether oxygens (including phenoxy) is 1. The normalized spacial score (nSPS) is 13.1. The van der Waals surface area contributed by atoms with Crippen LogP contribution in [0.25, 0.3) is 67.5 Å². The SMILES string of the molecule is Cc1ccc2c(c1-c1ccnc[n+]1C)C(C)(C)c1ccccc1N2C.Cc1ccc2c(c1-c1ccnc[n+]1C)N(C)c1ccccc1N2C.Cc1ccc2c(c1-c1ccnc[n+]1C)Oc1ccccc1N2C.Cc1ccc2c(c1-c1ccnc[n+]1C)Sc1ccccc1N2C.Cc1ccc2c(c1-c1ccnc[n+]1C)[Se]c1ccccc1N2C.Cc1ccc2c(c1-c1ccnc[n+]1C)[Se]c1ccccc1S2. The maximum atomic E-state index is 6.29. The summed E-state index contributed by atoms with van der Waals surface area (Å²) in [6.45, 7) is 17.7. The van der Waals surface area contributed by atoms with Crippen LogP contribution in [-0.2, 0) is 47.7 Å². The predicted molar refractivity (Wildman–Crippen MR) is 571 cm³/mol. The molecular formula is C117H114N18OS2Se2+6. The first kappa shape index (κ1) is 94.4. The molecule has 0 unspecified atom stereocenters. The van der Waals surface area contributed by atoms with Crippen molar-refractivity contribution in [1.29, 1.82) is 0 Å². The quantitative estimate of drug-likeness (QED) is 0.116. The van der Waals surface area contributed by atoms with Crippen LogP contribution >= 0.6 is 23.5 Å². The van der Waals surface area contributed by atoms with Crippen LogP contribution in [0.5, 0.6) is 11.5 Å². The predicted octanol–water partition coefficient (Wildman–Crippen LogP) is 19.5. The van der Waals surface area contributed by atoms with Crippen LogP contribution in [0.2, 0.25) is 0 Å². The molecule has 12 heterocycles. The van der Waals surface area contributed by atoms with Gasteiger partial charge in [-0.25, -0.2) is 18.3 Å². The molecule has 0 fully saturated rings. The van der Waals surface area contributed by atoms with Crippen molar-refractivity contribution in [3.05, 3.63) is 374 Å². The summed E-state index contributed by atoms with van der Waals surface area (Å²) in [6, 6.07) is 90.6. The van der Waals surface area contributed by atoms with Crippen LogP contribution in [0.4, 0.5) is 68.2 Å². The zero-order valence-electron chi connectivity index (χ0n) is 82.8. The Labute approximate surface area is 842 Å². The minimum atomic E-state index is -0.0734. The Bertz CT molecular complexity index is 7510. The first-order valence-corrected chi connectivity index (χ1v) is 51.8. The van der Waals surface area contributed by atoms with Gasteiger partial charge in [0.2, 0.25) is 0 Å². The molecule has 140 heavy (non-hydrogen) atoms. The molecule has 0 bridgehead atoms. The Morgan fingerprint density at radius 1 is 0.271 bits per heavy atom. The van der Waals surface area contributed by atoms with Gasteiger partial charge in [0.05, 0.1) is 84.8 Å². The van der Waals surface area contributed by atoms with Gasteiger partial charge in [0.1, 0.15) is 47.6 Å².